The molecule has 0 bridgehead atoms. The first-order valence-electron chi connectivity index (χ1n) is 6.34. The maximum atomic E-state index is 12.3. The van der Waals surface area contributed by atoms with Crippen LogP contribution in [0, 0.1) is 0 Å². The first-order valence-corrected chi connectivity index (χ1v) is 8.66. The van der Waals surface area contributed by atoms with Crippen molar-refractivity contribution in [3.05, 3.63) is 11.1 Å². The molecule has 2 rings (SSSR count). The van der Waals surface area contributed by atoms with Gasteiger partial charge >= 0.3 is 16.2 Å². The molecule has 1 aromatic rings. The third kappa shape index (κ3) is 3.68. The number of nitrogens with one attached hydrogen (secondary N) is 1. The lowest BCUT2D eigenvalue weighted by molar-refractivity contribution is -0.136. The highest BCUT2D eigenvalue weighted by Crippen LogP contribution is 2.23. The zero-order chi connectivity index (χ0) is 14.8. The number of carboxylic acids is 1. The molecular formula is C11H17N3O4S2. The van der Waals surface area contributed by atoms with Crippen LogP contribution in [0.25, 0.3) is 0 Å². The van der Waals surface area contributed by atoms with Crippen molar-refractivity contribution >= 4 is 32.6 Å². The molecule has 9 heteroatoms. The third-order valence-electron chi connectivity index (χ3n) is 3.15. The van der Waals surface area contributed by atoms with Gasteiger partial charge in [-0.1, -0.05) is 6.42 Å². The molecule has 0 aliphatic carbocycles. The van der Waals surface area contributed by atoms with Crippen LogP contribution >= 0.6 is 11.3 Å². The molecule has 1 unspecified atom stereocenters. The molecule has 1 saturated heterocycles. The summed E-state index contributed by atoms with van der Waals surface area (Å²) in [5.74, 6) is -0.991. The van der Waals surface area contributed by atoms with Gasteiger partial charge in [0.1, 0.15) is 0 Å². The van der Waals surface area contributed by atoms with Crippen LogP contribution in [0.2, 0.25) is 0 Å². The van der Waals surface area contributed by atoms with Crippen molar-refractivity contribution in [2.24, 2.45) is 0 Å². The standard InChI is InChI=1S/C11H17N3O4S2/c1-8-4-2-3-5-14(8)20(17,18)13-11-12-9(7-19-11)6-10(15)16/h7-8H,2-6H2,1H3,(H,12,13)(H,15,16). The van der Waals surface area contributed by atoms with Gasteiger partial charge in [0.25, 0.3) is 0 Å². The Hall–Kier alpha value is -1.19. The lowest BCUT2D eigenvalue weighted by Crippen LogP contribution is -2.44. The van der Waals surface area contributed by atoms with E-state index < -0.39 is 16.2 Å². The van der Waals surface area contributed by atoms with Crippen LogP contribution in [0.3, 0.4) is 0 Å². The number of hydrogen-bond acceptors (Lipinski definition) is 5. The van der Waals surface area contributed by atoms with Gasteiger partial charge in [-0.3, -0.25) is 4.79 Å². The van der Waals surface area contributed by atoms with E-state index in [0.717, 1.165) is 30.6 Å². The van der Waals surface area contributed by atoms with Crippen molar-refractivity contribution in [3.63, 3.8) is 0 Å². The summed E-state index contributed by atoms with van der Waals surface area (Å²) in [5, 5.41) is 10.4. The van der Waals surface area contributed by atoms with Crippen molar-refractivity contribution in [1.29, 1.82) is 0 Å². The summed E-state index contributed by atoms with van der Waals surface area (Å²) < 4.78 is 28.4. The molecule has 7 nitrogen and oxygen atoms in total. The highest BCUT2D eigenvalue weighted by molar-refractivity contribution is 7.90. The van der Waals surface area contributed by atoms with E-state index in [1.165, 1.54) is 4.31 Å². The first kappa shape index (κ1) is 15.2. The molecule has 0 saturated carbocycles. The summed E-state index contributed by atoms with van der Waals surface area (Å²) in [6.45, 7) is 2.39. The molecule has 1 aromatic heterocycles. The van der Waals surface area contributed by atoms with E-state index in [0.29, 0.717) is 12.2 Å². The lowest BCUT2D eigenvalue weighted by atomic mass is 10.1. The highest BCUT2D eigenvalue weighted by atomic mass is 32.2. The van der Waals surface area contributed by atoms with Gasteiger partial charge in [0.05, 0.1) is 12.1 Å². The van der Waals surface area contributed by atoms with Crippen LogP contribution in [-0.4, -0.2) is 41.4 Å². The molecule has 0 aromatic carbocycles. The highest BCUT2D eigenvalue weighted by Gasteiger charge is 2.30. The van der Waals surface area contributed by atoms with E-state index >= 15 is 0 Å². The number of rotatable bonds is 5. The maximum absolute atomic E-state index is 12.3. The van der Waals surface area contributed by atoms with Crippen LogP contribution in [0.15, 0.2) is 5.38 Å². The van der Waals surface area contributed by atoms with Crippen molar-refractivity contribution in [3.8, 4) is 0 Å². The van der Waals surface area contributed by atoms with Crippen LogP contribution in [-0.2, 0) is 21.4 Å². The van der Waals surface area contributed by atoms with E-state index in [-0.39, 0.29) is 17.6 Å². The Labute approximate surface area is 121 Å². The minimum Gasteiger partial charge on any atom is -0.481 e. The van der Waals surface area contributed by atoms with Gasteiger partial charge in [-0.05, 0) is 19.8 Å². The van der Waals surface area contributed by atoms with Crippen molar-refractivity contribution in [2.75, 3.05) is 11.3 Å². The van der Waals surface area contributed by atoms with Gasteiger partial charge in [0, 0.05) is 18.0 Å². The third-order valence-corrected chi connectivity index (χ3v) is 5.70. The van der Waals surface area contributed by atoms with Crippen molar-refractivity contribution < 1.29 is 18.3 Å². The summed E-state index contributed by atoms with van der Waals surface area (Å²) >= 11 is 1.09. The molecule has 2 heterocycles. The zero-order valence-electron chi connectivity index (χ0n) is 11.1. The average Bonchev–Trinajstić information content (AvgIpc) is 2.75. The van der Waals surface area contributed by atoms with E-state index in [4.69, 9.17) is 5.11 Å². The topological polar surface area (TPSA) is 99.6 Å². The summed E-state index contributed by atoms with van der Waals surface area (Å²) in [6.07, 6.45) is 2.53. The van der Waals surface area contributed by atoms with Gasteiger partial charge in [-0.15, -0.1) is 11.3 Å². The Morgan fingerprint density at radius 2 is 2.35 bits per heavy atom. The Morgan fingerprint density at radius 1 is 1.60 bits per heavy atom. The van der Waals surface area contributed by atoms with Crippen molar-refractivity contribution in [2.45, 2.75) is 38.6 Å². The number of anilines is 1. The number of carbonyl (C=O) groups is 1. The van der Waals surface area contributed by atoms with Crippen LogP contribution in [0.4, 0.5) is 5.13 Å². The van der Waals surface area contributed by atoms with E-state index in [9.17, 15) is 13.2 Å². The molecule has 2 N–H and O–H groups in total. The van der Waals surface area contributed by atoms with Crippen LogP contribution < -0.4 is 4.72 Å². The molecule has 20 heavy (non-hydrogen) atoms. The normalized spacial score (nSPS) is 20.8. The number of piperidine rings is 1. The number of thiazole rings is 1. The largest absolute Gasteiger partial charge is 0.481 e. The Balaban J connectivity index is 2.07. The predicted molar refractivity (Wildman–Crippen MR) is 76.0 cm³/mol. The zero-order valence-corrected chi connectivity index (χ0v) is 12.7. The number of aliphatic carboxylic acids is 1. The van der Waals surface area contributed by atoms with Gasteiger partial charge in [-0.25, -0.2) is 9.71 Å². The molecule has 1 atom stereocenters. The number of nitrogens with zero attached hydrogens (tertiary/aromatic N) is 2. The molecule has 1 aliphatic rings. The number of carboxylic acid groups (broad SMARTS) is 1. The number of aromatic nitrogens is 1. The summed E-state index contributed by atoms with van der Waals surface area (Å²) in [4.78, 5) is 14.5. The molecule has 1 aliphatic heterocycles. The molecule has 1 fully saturated rings. The fourth-order valence-electron chi connectivity index (χ4n) is 2.19. The minimum absolute atomic E-state index is 0.0281. The Kier molecular flexibility index (Phi) is 4.61. The molecule has 0 spiro atoms. The second-order valence-corrected chi connectivity index (χ2v) is 7.26. The van der Waals surface area contributed by atoms with Crippen molar-refractivity contribution in [1.82, 2.24) is 9.29 Å². The predicted octanol–water partition coefficient (Wildman–Crippen LogP) is 1.30. The van der Waals surface area contributed by atoms with Gasteiger partial charge < -0.3 is 5.11 Å². The smallest absolute Gasteiger partial charge is 0.309 e. The van der Waals surface area contributed by atoms with Gasteiger partial charge in [0.2, 0.25) is 0 Å². The summed E-state index contributed by atoms with van der Waals surface area (Å²) in [5.41, 5.74) is 0.354. The van der Waals surface area contributed by atoms with E-state index in [1.807, 2.05) is 6.92 Å². The van der Waals surface area contributed by atoms with Gasteiger partial charge in [-0.2, -0.15) is 12.7 Å². The second-order valence-electron chi connectivity index (χ2n) is 4.78. The van der Waals surface area contributed by atoms with Crippen LogP contribution in [0.1, 0.15) is 31.9 Å². The first-order chi connectivity index (χ1) is 9.38. The summed E-state index contributed by atoms with van der Waals surface area (Å²) in [6, 6.07) is -0.0281. The Morgan fingerprint density at radius 3 is 3.00 bits per heavy atom. The molecule has 0 amide bonds. The van der Waals surface area contributed by atoms with Gasteiger partial charge in [0.15, 0.2) is 5.13 Å². The Bertz CT molecular complexity index is 584. The summed E-state index contributed by atoms with van der Waals surface area (Å²) in [7, 11) is -3.62. The minimum atomic E-state index is -3.62. The SMILES string of the molecule is CC1CCCCN1S(=O)(=O)Nc1nc(CC(=O)O)cs1. The maximum Gasteiger partial charge on any atom is 0.309 e. The second kappa shape index (κ2) is 6.06. The quantitative estimate of drug-likeness (QED) is 0.852. The van der Waals surface area contributed by atoms with E-state index in [2.05, 4.69) is 9.71 Å². The molecule has 112 valence electrons. The molecular weight excluding hydrogens is 302 g/mol. The lowest BCUT2D eigenvalue weighted by Gasteiger charge is -2.31. The monoisotopic (exact) mass is 319 g/mol. The average molecular weight is 319 g/mol. The fourth-order valence-corrected chi connectivity index (χ4v) is 4.58. The van der Waals surface area contributed by atoms with Crippen LogP contribution in [0.5, 0.6) is 0 Å². The van der Waals surface area contributed by atoms with E-state index in [1.54, 1.807) is 5.38 Å². The fraction of sp³-hybridized carbons (Fsp3) is 0.636. The number of hydrogen-bond donors (Lipinski definition) is 2. The molecule has 0 radical (unpaired) electrons.